The molecule has 1 saturated carbocycles. The van der Waals surface area contributed by atoms with E-state index in [1.165, 1.54) is 23.3 Å². The molecule has 0 aliphatic heterocycles. The van der Waals surface area contributed by atoms with Crippen LogP contribution in [0.15, 0.2) is 75.5 Å². The van der Waals surface area contributed by atoms with Crippen LogP contribution in [0.1, 0.15) is 95.0 Å². The molecule has 2 atom stereocenters. The molecular weight excluding hydrogens is 619 g/mol. The number of hydrogen-bond acceptors (Lipinski definition) is 6. The van der Waals surface area contributed by atoms with Crippen molar-refractivity contribution >= 4 is 22.5 Å². The van der Waals surface area contributed by atoms with E-state index in [1.54, 1.807) is 36.7 Å². The van der Waals surface area contributed by atoms with E-state index in [9.17, 15) is 18.6 Å². The normalized spacial score (nSPS) is 17.6. The Labute approximate surface area is 273 Å². The molecule has 3 N–H and O–H groups in total. The number of phenolic OH excluding ortho intramolecular Hbond substituents is 2. The zero-order valence-electron chi connectivity index (χ0n) is 26.7. The van der Waals surface area contributed by atoms with Gasteiger partial charge in [-0.15, -0.1) is 0 Å². The van der Waals surface area contributed by atoms with Gasteiger partial charge in [-0.2, -0.15) is 8.42 Å². The van der Waals surface area contributed by atoms with E-state index >= 15 is 0 Å². The van der Waals surface area contributed by atoms with E-state index < -0.39 is 10.1 Å². The average Bonchev–Trinajstić information content (AvgIpc) is 2.91. The number of nitrogens with zero attached hydrogens (tertiary/aromatic N) is 2. The third kappa shape index (κ3) is 10.9. The van der Waals surface area contributed by atoms with Gasteiger partial charge in [0.2, 0.25) is 0 Å². The molecule has 1 aliphatic carbocycles. The molecular formula is C35H46CoN2O5S. The van der Waals surface area contributed by atoms with Gasteiger partial charge < -0.3 is 10.2 Å². The van der Waals surface area contributed by atoms with Crippen LogP contribution in [0.3, 0.4) is 0 Å². The van der Waals surface area contributed by atoms with Crippen LogP contribution >= 0.6 is 0 Å². The zero-order valence-corrected chi connectivity index (χ0v) is 28.6. The number of hydrogen-bond donors (Lipinski definition) is 3. The summed E-state index contributed by atoms with van der Waals surface area (Å²) in [6.07, 6.45) is 7.83. The number of phenols is 2. The maximum absolute atomic E-state index is 10.5. The molecule has 3 aromatic carbocycles. The van der Waals surface area contributed by atoms with E-state index in [0.717, 1.165) is 42.4 Å². The second kappa shape index (κ2) is 15.3. The van der Waals surface area contributed by atoms with Crippen LogP contribution in [-0.4, -0.2) is 47.7 Å². The number of benzene rings is 3. The molecule has 0 unspecified atom stereocenters. The summed E-state index contributed by atoms with van der Waals surface area (Å²) in [6, 6.07) is 17.6. The minimum Gasteiger partial charge on any atom is -0.507 e. The van der Waals surface area contributed by atoms with Crippen molar-refractivity contribution in [3.8, 4) is 11.5 Å². The predicted octanol–water partition coefficient (Wildman–Crippen LogP) is 7.78. The van der Waals surface area contributed by atoms with Crippen molar-refractivity contribution in [1.29, 1.82) is 0 Å². The first-order chi connectivity index (χ1) is 19.9. The number of aliphatic imine (C=N–C) groups is 2. The van der Waals surface area contributed by atoms with E-state index in [1.807, 2.05) is 31.2 Å². The Hall–Kier alpha value is -2.98. The topological polar surface area (TPSA) is 120 Å². The minimum absolute atomic E-state index is 0. The first-order valence-electron chi connectivity index (χ1n) is 14.7. The number of aromatic hydroxyl groups is 2. The van der Waals surface area contributed by atoms with Gasteiger partial charge in [-0.25, -0.2) is 0 Å². The molecule has 241 valence electrons. The Kier molecular flexibility index (Phi) is 13.0. The van der Waals surface area contributed by atoms with Crippen molar-refractivity contribution in [3.63, 3.8) is 0 Å². The Morgan fingerprint density at radius 2 is 1.09 bits per heavy atom. The fourth-order valence-corrected chi connectivity index (χ4v) is 5.23. The van der Waals surface area contributed by atoms with Crippen molar-refractivity contribution in [1.82, 2.24) is 0 Å². The fourth-order valence-electron chi connectivity index (χ4n) is 4.75. The van der Waals surface area contributed by atoms with E-state index in [4.69, 9.17) is 14.5 Å². The standard InChI is InChI=1S/C28H38N2O2.C7H8O3S.Co/c1-27(2,3)21-11-13-25(31)19(15-21)17-29-23-9-7-8-10-24(23)30-18-20-16-22(28(4,5)6)12-14-26(20)32;1-6-2-4-7(5-3-6)11(8,9)10;/h11-18,23-24,31-32H,7-10H2,1-6H3;2-5H,1H3,(H,8,9,10);/t23-,24-;;/m0../s1. The van der Waals surface area contributed by atoms with Crippen molar-refractivity contribution in [2.24, 2.45) is 9.98 Å². The van der Waals surface area contributed by atoms with E-state index in [0.29, 0.717) is 0 Å². The molecule has 1 fully saturated rings. The third-order valence-corrected chi connectivity index (χ3v) is 8.48. The summed E-state index contributed by atoms with van der Waals surface area (Å²) < 4.78 is 29.6. The Balaban J connectivity index is 0.000000475. The first-order valence-corrected chi connectivity index (χ1v) is 16.2. The molecule has 0 aromatic heterocycles. The van der Waals surface area contributed by atoms with Gasteiger partial charge in [-0.1, -0.05) is 84.2 Å². The van der Waals surface area contributed by atoms with Gasteiger partial charge in [0, 0.05) is 40.3 Å². The zero-order chi connectivity index (χ0) is 32.0. The van der Waals surface area contributed by atoms with Crippen molar-refractivity contribution in [2.75, 3.05) is 0 Å². The molecule has 44 heavy (non-hydrogen) atoms. The summed E-state index contributed by atoms with van der Waals surface area (Å²) in [4.78, 5) is 9.63. The summed E-state index contributed by atoms with van der Waals surface area (Å²) in [5.74, 6) is 0.503. The van der Waals surface area contributed by atoms with Gasteiger partial charge in [-0.3, -0.25) is 14.5 Å². The third-order valence-electron chi connectivity index (χ3n) is 7.61. The van der Waals surface area contributed by atoms with Gasteiger partial charge in [-0.05, 0) is 78.1 Å². The largest absolute Gasteiger partial charge is 0.507 e. The van der Waals surface area contributed by atoms with E-state index in [-0.39, 0.29) is 56.1 Å². The van der Waals surface area contributed by atoms with Crippen LogP contribution in [0, 0.1) is 6.92 Å². The first kappa shape index (κ1) is 37.2. The average molecular weight is 666 g/mol. The van der Waals surface area contributed by atoms with Crippen molar-refractivity contribution in [2.45, 2.75) is 102 Å². The van der Waals surface area contributed by atoms with Gasteiger partial charge in [0.1, 0.15) is 11.5 Å². The molecule has 0 heterocycles. The summed E-state index contributed by atoms with van der Waals surface area (Å²) in [5, 5.41) is 20.6. The van der Waals surface area contributed by atoms with Crippen molar-refractivity contribution in [3.05, 3.63) is 88.5 Å². The van der Waals surface area contributed by atoms with Crippen LogP contribution in [0.2, 0.25) is 0 Å². The Morgan fingerprint density at radius 3 is 1.43 bits per heavy atom. The molecule has 1 aliphatic rings. The summed E-state index contributed by atoms with van der Waals surface area (Å²) >= 11 is 0. The monoisotopic (exact) mass is 665 g/mol. The fraction of sp³-hybridized carbons (Fsp3) is 0.429. The smallest absolute Gasteiger partial charge is 0.294 e. The van der Waals surface area contributed by atoms with Crippen LogP contribution < -0.4 is 0 Å². The quantitative estimate of drug-likeness (QED) is 0.190. The molecule has 0 spiro atoms. The maximum Gasteiger partial charge on any atom is 0.294 e. The van der Waals surface area contributed by atoms with Gasteiger partial charge in [0.25, 0.3) is 10.1 Å². The SMILES string of the molecule is CC(C)(C)c1ccc(O)c(C=N[C@H]2CCCC[C@@H]2N=Cc2cc(C(C)(C)C)ccc2O)c1.Cc1ccc(S(=O)(=O)O)cc1.[Co]. The second-order valence-corrected chi connectivity index (χ2v) is 14.7. The Morgan fingerprint density at radius 1 is 0.705 bits per heavy atom. The van der Waals surface area contributed by atoms with E-state index in [2.05, 4.69) is 41.5 Å². The maximum atomic E-state index is 10.5. The van der Waals surface area contributed by atoms with Crippen molar-refractivity contribution < 1.29 is 40.0 Å². The summed E-state index contributed by atoms with van der Waals surface area (Å²) in [5.41, 5.74) is 4.82. The van der Waals surface area contributed by atoms with Gasteiger partial charge in [0.15, 0.2) is 0 Å². The van der Waals surface area contributed by atoms with Crippen LogP contribution in [0.25, 0.3) is 0 Å². The summed E-state index contributed by atoms with van der Waals surface area (Å²) in [6.45, 7) is 14.8. The number of aryl methyl sites for hydroxylation is 1. The molecule has 3 aromatic rings. The van der Waals surface area contributed by atoms with Crippen LogP contribution in [0.4, 0.5) is 0 Å². The molecule has 0 amide bonds. The molecule has 9 heteroatoms. The Bertz CT molecular complexity index is 1470. The molecule has 1 radical (unpaired) electrons. The molecule has 4 rings (SSSR count). The van der Waals surface area contributed by atoms with Gasteiger partial charge in [0.05, 0.1) is 17.0 Å². The van der Waals surface area contributed by atoms with Crippen LogP contribution in [-0.2, 0) is 37.7 Å². The minimum atomic E-state index is -4.02. The summed E-state index contributed by atoms with van der Waals surface area (Å²) in [7, 11) is -4.02. The number of rotatable bonds is 5. The predicted molar refractivity (Wildman–Crippen MR) is 176 cm³/mol. The van der Waals surface area contributed by atoms with Crippen LogP contribution in [0.5, 0.6) is 11.5 Å². The van der Waals surface area contributed by atoms with Gasteiger partial charge >= 0.3 is 0 Å². The molecule has 7 nitrogen and oxygen atoms in total. The molecule has 0 bridgehead atoms. The second-order valence-electron chi connectivity index (χ2n) is 13.3. The molecule has 0 saturated heterocycles.